The zero-order valence-corrected chi connectivity index (χ0v) is 6.84. The number of allylic oxidation sites excluding steroid dienone is 2. The Hall–Kier alpha value is -0.300. The molecule has 0 N–H and O–H groups in total. The summed E-state index contributed by atoms with van der Waals surface area (Å²) in [6, 6.07) is 0. The van der Waals surface area contributed by atoms with Crippen LogP contribution < -0.4 is 0 Å². The van der Waals surface area contributed by atoms with Crippen molar-refractivity contribution in [1.82, 2.24) is 0 Å². The van der Waals surface area contributed by atoms with Crippen LogP contribution in [0.2, 0.25) is 0 Å². The van der Waals surface area contributed by atoms with Gasteiger partial charge in [0.25, 0.3) is 0 Å². The van der Waals surface area contributed by atoms with Crippen LogP contribution in [0.1, 0.15) is 33.1 Å². The lowest BCUT2D eigenvalue weighted by molar-refractivity contribution is 0.360. The number of epoxide rings is 1. The summed E-state index contributed by atoms with van der Waals surface area (Å²) in [6.07, 6.45) is 9.05. The Morgan fingerprint density at radius 2 is 2.20 bits per heavy atom. The third kappa shape index (κ3) is 2.14. The summed E-state index contributed by atoms with van der Waals surface area (Å²) in [5, 5.41) is 0. The number of rotatable bonds is 4. The van der Waals surface area contributed by atoms with E-state index in [4.69, 9.17) is 4.74 Å². The van der Waals surface area contributed by atoms with E-state index in [9.17, 15) is 0 Å². The molecule has 1 rings (SSSR count). The molecule has 0 saturated carbocycles. The summed E-state index contributed by atoms with van der Waals surface area (Å²) in [5.74, 6) is 0. The minimum absolute atomic E-state index is 0.584. The largest absolute Gasteiger partial charge is 0.370 e. The molecule has 1 aliphatic rings. The molecule has 0 aromatic carbocycles. The Morgan fingerprint density at radius 1 is 1.40 bits per heavy atom. The third-order valence-corrected chi connectivity index (χ3v) is 1.94. The zero-order chi connectivity index (χ0) is 7.40. The number of hydrogen-bond donors (Lipinski definition) is 0. The van der Waals surface area contributed by atoms with Gasteiger partial charge < -0.3 is 4.74 Å². The van der Waals surface area contributed by atoms with E-state index in [0.717, 1.165) is 0 Å². The van der Waals surface area contributed by atoms with Crippen LogP contribution in [0.15, 0.2) is 12.2 Å². The second-order valence-electron chi connectivity index (χ2n) is 2.77. The van der Waals surface area contributed by atoms with Crippen LogP contribution in [0.5, 0.6) is 0 Å². The van der Waals surface area contributed by atoms with Crippen LogP contribution in [-0.4, -0.2) is 12.2 Å². The summed E-state index contributed by atoms with van der Waals surface area (Å²) >= 11 is 0. The van der Waals surface area contributed by atoms with Gasteiger partial charge in [-0.1, -0.05) is 19.1 Å². The first kappa shape index (κ1) is 7.80. The second-order valence-corrected chi connectivity index (χ2v) is 2.77. The van der Waals surface area contributed by atoms with Gasteiger partial charge in [-0.15, -0.1) is 0 Å². The molecule has 2 atom stereocenters. The molecule has 0 radical (unpaired) electrons. The van der Waals surface area contributed by atoms with E-state index in [1.165, 1.54) is 19.3 Å². The van der Waals surface area contributed by atoms with Gasteiger partial charge in [0.05, 0.1) is 12.2 Å². The van der Waals surface area contributed by atoms with Crippen molar-refractivity contribution in [3.63, 3.8) is 0 Å². The van der Waals surface area contributed by atoms with Crippen molar-refractivity contribution in [3.05, 3.63) is 12.2 Å². The van der Waals surface area contributed by atoms with Gasteiger partial charge in [0.2, 0.25) is 0 Å². The van der Waals surface area contributed by atoms with Gasteiger partial charge in [-0.25, -0.2) is 0 Å². The van der Waals surface area contributed by atoms with Gasteiger partial charge in [-0.2, -0.15) is 0 Å². The van der Waals surface area contributed by atoms with Gasteiger partial charge in [-0.3, -0.25) is 0 Å². The molecule has 0 aromatic heterocycles. The lowest BCUT2D eigenvalue weighted by Gasteiger charge is -1.87. The van der Waals surface area contributed by atoms with Crippen molar-refractivity contribution in [2.45, 2.75) is 45.3 Å². The number of ether oxygens (including phenoxy) is 1. The Balaban J connectivity index is 1.96. The highest BCUT2D eigenvalue weighted by molar-refractivity contribution is 4.87. The minimum Gasteiger partial charge on any atom is -0.370 e. The third-order valence-electron chi connectivity index (χ3n) is 1.94. The highest BCUT2D eigenvalue weighted by Gasteiger charge is 2.35. The Morgan fingerprint density at radius 3 is 2.70 bits per heavy atom. The molecule has 1 fully saturated rings. The quantitative estimate of drug-likeness (QED) is 0.432. The zero-order valence-electron chi connectivity index (χ0n) is 6.84. The van der Waals surface area contributed by atoms with Gasteiger partial charge in [0.1, 0.15) is 0 Å². The maximum atomic E-state index is 5.38. The van der Waals surface area contributed by atoms with Crippen molar-refractivity contribution >= 4 is 0 Å². The molecule has 1 heterocycles. The molecule has 0 bridgehead atoms. The van der Waals surface area contributed by atoms with Crippen molar-refractivity contribution in [2.24, 2.45) is 0 Å². The predicted molar refractivity (Wildman–Crippen MR) is 43.0 cm³/mol. The van der Waals surface area contributed by atoms with E-state index in [1.807, 2.05) is 0 Å². The summed E-state index contributed by atoms with van der Waals surface area (Å²) < 4.78 is 5.38. The van der Waals surface area contributed by atoms with Crippen molar-refractivity contribution in [3.8, 4) is 0 Å². The molecule has 1 nitrogen and oxygen atoms in total. The Kier molecular flexibility index (Phi) is 2.94. The predicted octanol–water partition coefficient (Wildman–Crippen LogP) is 2.52. The SMILES string of the molecule is C/C=C/CCC1OC1CC. The fourth-order valence-electron chi connectivity index (χ4n) is 1.22. The van der Waals surface area contributed by atoms with Gasteiger partial charge >= 0.3 is 0 Å². The van der Waals surface area contributed by atoms with Crippen LogP contribution in [0.25, 0.3) is 0 Å². The molecule has 0 aromatic rings. The van der Waals surface area contributed by atoms with Crippen LogP contribution in [0, 0.1) is 0 Å². The van der Waals surface area contributed by atoms with Crippen LogP contribution in [0.4, 0.5) is 0 Å². The molecule has 0 aliphatic carbocycles. The highest BCUT2D eigenvalue weighted by Crippen LogP contribution is 2.28. The lowest BCUT2D eigenvalue weighted by atomic mass is 10.1. The van der Waals surface area contributed by atoms with E-state index in [-0.39, 0.29) is 0 Å². The fourth-order valence-corrected chi connectivity index (χ4v) is 1.22. The standard InChI is InChI=1S/C9H16O/c1-3-5-6-7-9-8(4-2)10-9/h3,5,8-9H,4,6-7H2,1-2H3/b5-3+. The average Bonchev–Trinajstić information content (AvgIpc) is 2.68. The van der Waals surface area contributed by atoms with E-state index < -0.39 is 0 Å². The molecule has 10 heavy (non-hydrogen) atoms. The maximum Gasteiger partial charge on any atom is 0.0844 e. The second kappa shape index (κ2) is 3.77. The normalized spacial score (nSPS) is 31.4. The maximum absolute atomic E-state index is 5.38. The van der Waals surface area contributed by atoms with Gasteiger partial charge in [-0.05, 0) is 26.2 Å². The highest BCUT2D eigenvalue weighted by atomic mass is 16.6. The van der Waals surface area contributed by atoms with Crippen molar-refractivity contribution in [2.75, 3.05) is 0 Å². The fraction of sp³-hybridized carbons (Fsp3) is 0.778. The summed E-state index contributed by atoms with van der Waals surface area (Å²) in [6.45, 7) is 4.24. The molecule has 58 valence electrons. The monoisotopic (exact) mass is 140 g/mol. The first-order valence-corrected chi connectivity index (χ1v) is 4.15. The van der Waals surface area contributed by atoms with E-state index in [1.54, 1.807) is 0 Å². The van der Waals surface area contributed by atoms with E-state index in [0.29, 0.717) is 12.2 Å². The minimum atomic E-state index is 0.584. The van der Waals surface area contributed by atoms with Crippen LogP contribution in [0.3, 0.4) is 0 Å². The Labute approximate surface area is 63.1 Å². The van der Waals surface area contributed by atoms with Gasteiger partial charge in [0.15, 0.2) is 0 Å². The van der Waals surface area contributed by atoms with E-state index >= 15 is 0 Å². The molecule has 2 unspecified atom stereocenters. The lowest BCUT2D eigenvalue weighted by Crippen LogP contribution is -1.90. The first-order chi connectivity index (χ1) is 4.88. The summed E-state index contributed by atoms with van der Waals surface area (Å²) in [7, 11) is 0. The smallest absolute Gasteiger partial charge is 0.0844 e. The molecular formula is C9H16O. The van der Waals surface area contributed by atoms with Gasteiger partial charge in [0, 0.05) is 0 Å². The van der Waals surface area contributed by atoms with Crippen molar-refractivity contribution < 1.29 is 4.74 Å². The topological polar surface area (TPSA) is 12.5 Å². The van der Waals surface area contributed by atoms with Crippen LogP contribution in [-0.2, 0) is 4.74 Å². The Bertz CT molecular complexity index is 118. The molecular weight excluding hydrogens is 124 g/mol. The molecule has 0 spiro atoms. The first-order valence-electron chi connectivity index (χ1n) is 4.15. The molecule has 1 heteroatoms. The molecule has 1 aliphatic heterocycles. The molecule has 1 saturated heterocycles. The van der Waals surface area contributed by atoms with Crippen molar-refractivity contribution in [1.29, 1.82) is 0 Å². The van der Waals surface area contributed by atoms with E-state index in [2.05, 4.69) is 26.0 Å². The molecule has 0 amide bonds. The average molecular weight is 140 g/mol. The number of hydrogen-bond acceptors (Lipinski definition) is 1. The summed E-state index contributed by atoms with van der Waals surface area (Å²) in [5.41, 5.74) is 0. The van der Waals surface area contributed by atoms with Crippen LogP contribution >= 0.6 is 0 Å². The summed E-state index contributed by atoms with van der Waals surface area (Å²) in [4.78, 5) is 0.